The van der Waals surface area contributed by atoms with E-state index in [1.807, 2.05) is 73.7 Å². The maximum atomic E-state index is 12.7. The number of amides is 1. The Morgan fingerprint density at radius 2 is 1.63 bits per heavy atom. The van der Waals surface area contributed by atoms with Gasteiger partial charge in [0, 0.05) is 11.1 Å². The number of rotatable bonds is 7. The van der Waals surface area contributed by atoms with Crippen molar-refractivity contribution in [2.75, 3.05) is 7.11 Å². The smallest absolute Gasteiger partial charge is 0.251 e. The fourth-order valence-electron chi connectivity index (χ4n) is 2.82. The third kappa shape index (κ3) is 4.88. The highest BCUT2D eigenvalue weighted by atomic mass is 16.5. The van der Waals surface area contributed by atoms with Crippen LogP contribution in [0.3, 0.4) is 0 Å². The average molecular weight is 361 g/mol. The first-order valence-electron chi connectivity index (χ1n) is 8.88. The molecule has 0 aliphatic rings. The first-order valence-corrected chi connectivity index (χ1v) is 8.88. The maximum absolute atomic E-state index is 12.7. The Labute approximate surface area is 159 Å². The van der Waals surface area contributed by atoms with Gasteiger partial charge < -0.3 is 14.8 Å². The molecule has 0 unspecified atom stereocenters. The van der Waals surface area contributed by atoms with Crippen molar-refractivity contribution in [2.24, 2.45) is 0 Å². The number of hydrogen-bond acceptors (Lipinski definition) is 3. The minimum absolute atomic E-state index is 0.0789. The van der Waals surface area contributed by atoms with Crippen LogP contribution in [0.25, 0.3) is 0 Å². The van der Waals surface area contributed by atoms with Gasteiger partial charge in [-0.2, -0.15) is 0 Å². The van der Waals surface area contributed by atoms with Crippen LogP contribution in [0.1, 0.15) is 34.5 Å². The van der Waals surface area contributed by atoms with Crippen molar-refractivity contribution in [3.63, 3.8) is 0 Å². The number of nitrogens with one attached hydrogen (secondary N) is 1. The molecule has 0 heterocycles. The number of ether oxygens (including phenoxy) is 2. The van der Waals surface area contributed by atoms with Gasteiger partial charge in [-0.3, -0.25) is 4.79 Å². The number of carbonyl (C=O) groups excluding carboxylic acids is 1. The van der Waals surface area contributed by atoms with Crippen molar-refractivity contribution >= 4 is 5.91 Å². The summed E-state index contributed by atoms with van der Waals surface area (Å²) < 4.78 is 11.2. The van der Waals surface area contributed by atoms with E-state index in [2.05, 4.69) is 5.32 Å². The Kier molecular flexibility index (Phi) is 6.10. The summed E-state index contributed by atoms with van der Waals surface area (Å²) in [7, 11) is 1.61. The van der Waals surface area contributed by atoms with E-state index in [9.17, 15) is 4.79 Å². The van der Waals surface area contributed by atoms with Crippen LogP contribution in [0.15, 0.2) is 78.9 Å². The molecule has 1 atom stereocenters. The second-order valence-corrected chi connectivity index (χ2v) is 6.23. The fourth-order valence-corrected chi connectivity index (χ4v) is 2.82. The van der Waals surface area contributed by atoms with Crippen molar-refractivity contribution in [1.29, 1.82) is 0 Å². The van der Waals surface area contributed by atoms with Gasteiger partial charge in [0.15, 0.2) is 0 Å². The van der Waals surface area contributed by atoms with Gasteiger partial charge in [0.2, 0.25) is 0 Å². The summed E-state index contributed by atoms with van der Waals surface area (Å²) >= 11 is 0. The minimum Gasteiger partial charge on any atom is -0.496 e. The third-order valence-corrected chi connectivity index (χ3v) is 4.33. The molecule has 0 aliphatic heterocycles. The van der Waals surface area contributed by atoms with Crippen LogP contribution in [0, 0.1) is 0 Å². The quantitative estimate of drug-likeness (QED) is 0.660. The second-order valence-electron chi connectivity index (χ2n) is 6.23. The summed E-state index contributed by atoms with van der Waals surface area (Å²) in [4.78, 5) is 12.7. The van der Waals surface area contributed by atoms with Crippen molar-refractivity contribution in [3.05, 3.63) is 95.6 Å². The number of methoxy groups -OCH3 is 1. The topological polar surface area (TPSA) is 47.6 Å². The van der Waals surface area contributed by atoms with E-state index in [1.165, 1.54) is 0 Å². The predicted octanol–water partition coefficient (Wildman–Crippen LogP) is 4.77. The molecule has 0 saturated heterocycles. The summed E-state index contributed by atoms with van der Waals surface area (Å²) in [5, 5.41) is 3.03. The van der Waals surface area contributed by atoms with Crippen LogP contribution in [-0.2, 0) is 6.61 Å². The molecule has 0 bridgehead atoms. The highest BCUT2D eigenvalue weighted by Crippen LogP contribution is 2.23. The highest BCUT2D eigenvalue weighted by Gasteiger charge is 2.14. The monoisotopic (exact) mass is 361 g/mol. The van der Waals surface area contributed by atoms with Gasteiger partial charge >= 0.3 is 0 Å². The number of hydrogen-bond donors (Lipinski definition) is 1. The molecule has 0 radical (unpaired) electrons. The standard InChI is InChI=1S/C23H23NO3/c1-17(18-9-5-3-6-10-18)24-23(25)19-13-14-22(26-2)20(15-19)16-27-21-11-7-4-8-12-21/h3-15,17H,16H2,1-2H3,(H,24,25)/t17-/m0/s1. The molecule has 4 nitrogen and oxygen atoms in total. The van der Waals surface area contributed by atoms with Crippen LogP contribution in [0.2, 0.25) is 0 Å². The first-order chi connectivity index (χ1) is 13.2. The van der Waals surface area contributed by atoms with Gasteiger partial charge in [0.05, 0.1) is 13.2 Å². The van der Waals surface area contributed by atoms with Crippen LogP contribution in [-0.4, -0.2) is 13.0 Å². The van der Waals surface area contributed by atoms with Crippen molar-refractivity contribution < 1.29 is 14.3 Å². The molecule has 3 aromatic rings. The molecule has 1 amide bonds. The zero-order valence-corrected chi connectivity index (χ0v) is 15.5. The molecule has 3 rings (SSSR count). The van der Waals surface area contributed by atoms with E-state index in [0.717, 1.165) is 16.9 Å². The summed E-state index contributed by atoms with van der Waals surface area (Å²) in [6, 6.07) is 24.7. The lowest BCUT2D eigenvalue weighted by Gasteiger charge is -2.16. The third-order valence-electron chi connectivity index (χ3n) is 4.33. The molecule has 4 heteroatoms. The van der Waals surface area contributed by atoms with Crippen molar-refractivity contribution in [2.45, 2.75) is 19.6 Å². The summed E-state index contributed by atoms with van der Waals surface area (Å²) in [6.07, 6.45) is 0. The van der Waals surface area contributed by atoms with E-state index in [4.69, 9.17) is 9.47 Å². The Balaban J connectivity index is 1.72. The van der Waals surface area contributed by atoms with Gasteiger partial charge in [-0.1, -0.05) is 48.5 Å². The normalized spacial score (nSPS) is 11.5. The lowest BCUT2D eigenvalue weighted by atomic mass is 10.1. The van der Waals surface area contributed by atoms with Gasteiger partial charge in [0.25, 0.3) is 5.91 Å². The van der Waals surface area contributed by atoms with Gasteiger partial charge in [-0.15, -0.1) is 0 Å². The molecule has 3 aromatic carbocycles. The lowest BCUT2D eigenvalue weighted by Crippen LogP contribution is -2.26. The van der Waals surface area contributed by atoms with Gasteiger partial charge in [-0.25, -0.2) is 0 Å². The molecule has 1 N–H and O–H groups in total. The van der Waals surface area contributed by atoms with Crippen LogP contribution >= 0.6 is 0 Å². The van der Waals surface area contributed by atoms with E-state index in [1.54, 1.807) is 19.2 Å². The molecule has 138 valence electrons. The molecule has 0 aliphatic carbocycles. The SMILES string of the molecule is COc1ccc(C(=O)N[C@@H](C)c2ccccc2)cc1COc1ccccc1. The van der Waals surface area contributed by atoms with Crippen molar-refractivity contribution in [1.82, 2.24) is 5.32 Å². The number of para-hydroxylation sites is 1. The van der Waals surface area contributed by atoms with Crippen LogP contribution in [0.5, 0.6) is 11.5 Å². The largest absolute Gasteiger partial charge is 0.496 e. The number of benzene rings is 3. The molecule has 0 saturated carbocycles. The van der Waals surface area contributed by atoms with E-state index in [-0.39, 0.29) is 11.9 Å². The zero-order valence-electron chi connectivity index (χ0n) is 15.5. The zero-order chi connectivity index (χ0) is 19.1. The molecular weight excluding hydrogens is 338 g/mol. The maximum Gasteiger partial charge on any atom is 0.251 e. The van der Waals surface area contributed by atoms with E-state index < -0.39 is 0 Å². The van der Waals surface area contributed by atoms with Crippen LogP contribution < -0.4 is 14.8 Å². The first kappa shape index (κ1) is 18.5. The molecule has 27 heavy (non-hydrogen) atoms. The van der Waals surface area contributed by atoms with E-state index >= 15 is 0 Å². The van der Waals surface area contributed by atoms with Gasteiger partial charge in [-0.05, 0) is 42.8 Å². The Morgan fingerprint density at radius 3 is 2.30 bits per heavy atom. The molecule has 0 spiro atoms. The fraction of sp³-hybridized carbons (Fsp3) is 0.174. The summed E-state index contributed by atoms with van der Waals surface area (Å²) in [6.45, 7) is 2.29. The summed E-state index contributed by atoms with van der Waals surface area (Å²) in [5.74, 6) is 1.33. The second kappa shape index (κ2) is 8.90. The Hall–Kier alpha value is -3.27. The summed E-state index contributed by atoms with van der Waals surface area (Å²) in [5.41, 5.74) is 2.46. The Morgan fingerprint density at radius 1 is 0.963 bits per heavy atom. The van der Waals surface area contributed by atoms with Gasteiger partial charge in [0.1, 0.15) is 18.1 Å². The average Bonchev–Trinajstić information content (AvgIpc) is 2.73. The predicted molar refractivity (Wildman–Crippen MR) is 106 cm³/mol. The molecule has 0 fully saturated rings. The molecular formula is C23H23NO3. The Bertz CT molecular complexity index is 879. The minimum atomic E-state index is -0.130. The van der Waals surface area contributed by atoms with E-state index in [0.29, 0.717) is 17.9 Å². The lowest BCUT2D eigenvalue weighted by molar-refractivity contribution is 0.0939. The molecule has 0 aromatic heterocycles. The van der Waals surface area contributed by atoms with Crippen molar-refractivity contribution in [3.8, 4) is 11.5 Å². The van der Waals surface area contributed by atoms with Crippen LogP contribution in [0.4, 0.5) is 0 Å². The highest BCUT2D eigenvalue weighted by molar-refractivity contribution is 5.94. The number of carbonyl (C=O) groups is 1.